The van der Waals surface area contributed by atoms with Gasteiger partial charge in [-0.3, -0.25) is 4.68 Å². The van der Waals surface area contributed by atoms with E-state index in [9.17, 15) is 8.42 Å². The van der Waals surface area contributed by atoms with Crippen LogP contribution in [-0.2, 0) is 23.1 Å². The van der Waals surface area contributed by atoms with E-state index in [1.54, 1.807) is 10.9 Å². The molecule has 0 saturated heterocycles. The Morgan fingerprint density at radius 3 is 2.88 bits per heavy atom. The summed E-state index contributed by atoms with van der Waals surface area (Å²) in [5.41, 5.74) is 0.998. The maximum Gasteiger partial charge on any atom is 0.208 e. The predicted molar refractivity (Wildman–Crippen MR) is 63.9 cm³/mol. The minimum absolute atomic E-state index is 0.0623. The maximum atomic E-state index is 10.8. The first kappa shape index (κ1) is 14.1. The number of hydrogen-bond donors (Lipinski definition) is 3. The molecule has 1 aromatic heterocycles. The zero-order chi connectivity index (χ0) is 12.7. The van der Waals surface area contributed by atoms with Crippen LogP contribution in [0.4, 0.5) is 0 Å². The number of aliphatic hydroxyl groups excluding tert-OH is 1. The van der Waals surface area contributed by atoms with Crippen molar-refractivity contribution in [2.24, 2.45) is 0 Å². The van der Waals surface area contributed by atoms with Gasteiger partial charge in [-0.15, -0.1) is 0 Å². The Morgan fingerprint density at radius 2 is 2.24 bits per heavy atom. The van der Waals surface area contributed by atoms with Crippen LogP contribution in [0.3, 0.4) is 0 Å². The number of aliphatic hydroxyl groups is 1. The van der Waals surface area contributed by atoms with Gasteiger partial charge in [-0.1, -0.05) is 0 Å². The van der Waals surface area contributed by atoms with E-state index in [1.165, 1.54) is 0 Å². The molecule has 7 nitrogen and oxygen atoms in total. The smallest absolute Gasteiger partial charge is 0.208 e. The third kappa shape index (κ3) is 6.37. The Balaban J connectivity index is 2.17. The van der Waals surface area contributed by atoms with Gasteiger partial charge in [0.05, 0.1) is 25.6 Å². The minimum atomic E-state index is -3.11. The Bertz CT molecular complexity index is 429. The summed E-state index contributed by atoms with van der Waals surface area (Å²) in [4.78, 5) is 0. The van der Waals surface area contributed by atoms with Gasteiger partial charge < -0.3 is 10.4 Å². The molecule has 0 bridgehead atoms. The number of nitrogens with zero attached hydrogens (tertiary/aromatic N) is 2. The summed E-state index contributed by atoms with van der Waals surface area (Å²) in [6.07, 6.45) is 4.69. The van der Waals surface area contributed by atoms with E-state index >= 15 is 0 Å². The number of rotatable bonds is 8. The molecule has 0 amide bonds. The quantitative estimate of drug-likeness (QED) is 0.496. The van der Waals surface area contributed by atoms with Gasteiger partial charge in [-0.05, 0) is 0 Å². The maximum absolute atomic E-state index is 10.8. The van der Waals surface area contributed by atoms with Crippen molar-refractivity contribution in [2.45, 2.75) is 13.1 Å². The molecule has 0 radical (unpaired) electrons. The fourth-order valence-corrected chi connectivity index (χ4v) is 1.75. The van der Waals surface area contributed by atoms with E-state index in [0.29, 0.717) is 26.2 Å². The van der Waals surface area contributed by atoms with Crippen molar-refractivity contribution in [1.29, 1.82) is 0 Å². The standard InChI is InChI=1S/C9H18N4O3S/c1-17(15,16)12-3-2-10-6-9-7-11-13(8-9)4-5-14/h7-8,10,12,14H,2-6H2,1H3. The highest BCUT2D eigenvalue weighted by molar-refractivity contribution is 7.88. The topological polar surface area (TPSA) is 96.3 Å². The lowest BCUT2D eigenvalue weighted by molar-refractivity contribution is 0.269. The lowest BCUT2D eigenvalue weighted by atomic mass is 10.3. The van der Waals surface area contributed by atoms with Crippen molar-refractivity contribution in [3.05, 3.63) is 18.0 Å². The SMILES string of the molecule is CS(=O)(=O)NCCNCc1cnn(CCO)c1. The third-order valence-electron chi connectivity index (χ3n) is 2.01. The van der Waals surface area contributed by atoms with Crippen LogP contribution in [0, 0.1) is 0 Å². The molecule has 0 aliphatic heterocycles. The van der Waals surface area contributed by atoms with Crippen LogP contribution in [-0.4, -0.2) is 49.3 Å². The van der Waals surface area contributed by atoms with Crippen molar-refractivity contribution in [3.8, 4) is 0 Å². The molecule has 0 fully saturated rings. The van der Waals surface area contributed by atoms with E-state index in [2.05, 4.69) is 15.1 Å². The molecule has 1 aromatic rings. The fraction of sp³-hybridized carbons (Fsp3) is 0.667. The largest absolute Gasteiger partial charge is 0.394 e. The van der Waals surface area contributed by atoms with E-state index in [4.69, 9.17) is 5.11 Å². The second-order valence-electron chi connectivity index (χ2n) is 3.68. The van der Waals surface area contributed by atoms with Crippen molar-refractivity contribution < 1.29 is 13.5 Å². The van der Waals surface area contributed by atoms with Gasteiger partial charge >= 0.3 is 0 Å². The monoisotopic (exact) mass is 262 g/mol. The van der Waals surface area contributed by atoms with Gasteiger partial charge in [0.1, 0.15) is 0 Å². The third-order valence-corrected chi connectivity index (χ3v) is 2.74. The molecule has 0 spiro atoms. The van der Waals surface area contributed by atoms with Gasteiger partial charge in [0.25, 0.3) is 0 Å². The van der Waals surface area contributed by atoms with E-state index < -0.39 is 10.0 Å². The van der Waals surface area contributed by atoms with Crippen LogP contribution in [0.15, 0.2) is 12.4 Å². The molecule has 0 unspecified atom stereocenters. The van der Waals surface area contributed by atoms with Crippen LogP contribution in [0.1, 0.15) is 5.56 Å². The van der Waals surface area contributed by atoms with E-state index in [0.717, 1.165) is 11.8 Å². The van der Waals surface area contributed by atoms with Gasteiger partial charge in [0.2, 0.25) is 10.0 Å². The summed E-state index contributed by atoms with van der Waals surface area (Å²) >= 11 is 0. The molecule has 1 heterocycles. The zero-order valence-corrected chi connectivity index (χ0v) is 10.6. The van der Waals surface area contributed by atoms with Crippen LogP contribution in [0.25, 0.3) is 0 Å². The molecule has 0 aliphatic carbocycles. The second-order valence-corrected chi connectivity index (χ2v) is 5.51. The Labute approximate surface area is 101 Å². The van der Waals surface area contributed by atoms with Crippen molar-refractivity contribution in [3.63, 3.8) is 0 Å². The first-order chi connectivity index (χ1) is 8.01. The van der Waals surface area contributed by atoms with Gasteiger partial charge in [-0.25, -0.2) is 13.1 Å². The van der Waals surface area contributed by atoms with Crippen molar-refractivity contribution in [2.75, 3.05) is 26.0 Å². The molecule has 17 heavy (non-hydrogen) atoms. The highest BCUT2D eigenvalue weighted by Crippen LogP contribution is 1.96. The fourth-order valence-electron chi connectivity index (χ4n) is 1.28. The highest BCUT2D eigenvalue weighted by atomic mass is 32.2. The molecule has 0 saturated carbocycles. The average Bonchev–Trinajstić information content (AvgIpc) is 2.64. The summed E-state index contributed by atoms with van der Waals surface area (Å²) < 4.78 is 25.6. The first-order valence-corrected chi connectivity index (χ1v) is 7.18. The van der Waals surface area contributed by atoms with Crippen LogP contribution in [0.5, 0.6) is 0 Å². The summed E-state index contributed by atoms with van der Waals surface area (Å²) in [6.45, 7) is 2.08. The highest BCUT2D eigenvalue weighted by Gasteiger charge is 2.00. The van der Waals surface area contributed by atoms with E-state index in [-0.39, 0.29) is 6.61 Å². The Hall–Kier alpha value is -0.960. The number of hydrogen-bond acceptors (Lipinski definition) is 5. The molecular formula is C9H18N4O3S. The summed E-state index contributed by atoms with van der Waals surface area (Å²) in [6, 6.07) is 0. The molecule has 98 valence electrons. The van der Waals surface area contributed by atoms with Crippen molar-refractivity contribution in [1.82, 2.24) is 19.8 Å². The van der Waals surface area contributed by atoms with Crippen LogP contribution in [0.2, 0.25) is 0 Å². The zero-order valence-electron chi connectivity index (χ0n) is 9.76. The normalized spacial score (nSPS) is 11.9. The second kappa shape index (κ2) is 6.70. The van der Waals surface area contributed by atoms with Crippen LogP contribution < -0.4 is 10.0 Å². The first-order valence-electron chi connectivity index (χ1n) is 5.29. The summed E-state index contributed by atoms with van der Waals surface area (Å²) in [7, 11) is -3.11. The van der Waals surface area contributed by atoms with Gasteiger partial charge in [0.15, 0.2) is 0 Å². The lowest BCUT2D eigenvalue weighted by Crippen LogP contribution is -2.30. The Morgan fingerprint density at radius 1 is 1.47 bits per heavy atom. The van der Waals surface area contributed by atoms with Gasteiger partial charge in [0, 0.05) is 31.4 Å². The average molecular weight is 262 g/mol. The summed E-state index contributed by atoms with van der Waals surface area (Å²) in [5, 5.41) is 15.8. The van der Waals surface area contributed by atoms with Crippen LogP contribution >= 0.6 is 0 Å². The molecule has 1 rings (SSSR count). The lowest BCUT2D eigenvalue weighted by Gasteiger charge is -2.03. The number of nitrogens with one attached hydrogen (secondary N) is 2. The number of aromatic nitrogens is 2. The van der Waals surface area contributed by atoms with E-state index in [1.807, 2.05) is 6.20 Å². The predicted octanol–water partition coefficient (Wildman–Crippen LogP) is -1.49. The van der Waals surface area contributed by atoms with Gasteiger partial charge in [-0.2, -0.15) is 5.10 Å². The molecule has 3 N–H and O–H groups in total. The molecule has 8 heteroatoms. The number of sulfonamides is 1. The molecule has 0 aromatic carbocycles. The molecule has 0 atom stereocenters. The minimum Gasteiger partial charge on any atom is -0.394 e. The van der Waals surface area contributed by atoms with Crippen molar-refractivity contribution >= 4 is 10.0 Å². The Kier molecular flexibility index (Phi) is 5.56. The molecule has 0 aliphatic rings. The molecular weight excluding hydrogens is 244 g/mol. The summed E-state index contributed by atoms with van der Waals surface area (Å²) in [5.74, 6) is 0.